The van der Waals surface area contributed by atoms with E-state index in [-0.39, 0.29) is 5.91 Å². The Morgan fingerprint density at radius 2 is 1.79 bits per heavy atom. The number of hydrogen-bond donors (Lipinski definition) is 0. The highest BCUT2D eigenvalue weighted by molar-refractivity contribution is 8.00. The van der Waals surface area contributed by atoms with Crippen molar-refractivity contribution in [3.8, 4) is 11.5 Å². The highest BCUT2D eigenvalue weighted by Gasteiger charge is 2.16. The number of benzene rings is 2. The number of amides is 1. The van der Waals surface area contributed by atoms with Gasteiger partial charge in [-0.1, -0.05) is 30.3 Å². The van der Waals surface area contributed by atoms with E-state index in [0.29, 0.717) is 30.3 Å². The van der Waals surface area contributed by atoms with Gasteiger partial charge in [-0.05, 0) is 47.7 Å². The van der Waals surface area contributed by atoms with Crippen LogP contribution in [0.15, 0.2) is 70.9 Å². The van der Waals surface area contributed by atoms with Crippen LogP contribution in [0.2, 0.25) is 0 Å². The molecule has 0 saturated heterocycles. The Morgan fingerprint density at radius 1 is 1.00 bits per heavy atom. The van der Waals surface area contributed by atoms with Crippen LogP contribution < -0.4 is 9.47 Å². The summed E-state index contributed by atoms with van der Waals surface area (Å²) in [5.74, 6) is 2.00. The highest BCUT2D eigenvalue weighted by Crippen LogP contribution is 2.28. The van der Waals surface area contributed by atoms with Crippen molar-refractivity contribution in [3.05, 3.63) is 76.5 Å². The summed E-state index contributed by atoms with van der Waals surface area (Å²) >= 11 is 3.26. The van der Waals surface area contributed by atoms with Crippen LogP contribution in [0.25, 0.3) is 0 Å². The lowest BCUT2D eigenvalue weighted by atomic mass is 10.1. The Labute approximate surface area is 180 Å². The van der Waals surface area contributed by atoms with Gasteiger partial charge < -0.3 is 14.4 Å². The van der Waals surface area contributed by atoms with Gasteiger partial charge in [0.1, 0.15) is 0 Å². The molecule has 1 aromatic heterocycles. The molecule has 3 rings (SSSR count). The van der Waals surface area contributed by atoms with Gasteiger partial charge in [-0.15, -0.1) is 23.1 Å². The minimum atomic E-state index is 0.146. The molecule has 0 radical (unpaired) electrons. The van der Waals surface area contributed by atoms with Gasteiger partial charge in [0.25, 0.3) is 0 Å². The van der Waals surface area contributed by atoms with Crippen LogP contribution in [-0.2, 0) is 17.8 Å². The molecular weight excluding hydrogens is 402 g/mol. The smallest absolute Gasteiger partial charge is 0.233 e. The van der Waals surface area contributed by atoms with Crippen LogP contribution in [0.5, 0.6) is 11.5 Å². The van der Waals surface area contributed by atoms with Crippen LogP contribution in [0.4, 0.5) is 0 Å². The minimum absolute atomic E-state index is 0.146. The Hall–Kier alpha value is -2.44. The molecule has 0 aliphatic rings. The van der Waals surface area contributed by atoms with E-state index in [0.717, 1.165) is 16.9 Å². The van der Waals surface area contributed by atoms with Gasteiger partial charge in [-0.3, -0.25) is 4.79 Å². The van der Waals surface area contributed by atoms with E-state index in [9.17, 15) is 4.79 Å². The van der Waals surface area contributed by atoms with Gasteiger partial charge in [0, 0.05) is 16.3 Å². The van der Waals surface area contributed by atoms with E-state index in [4.69, 9.17) is 9.47 Å². The summed E-state index contributed by atoms with van der Waals surface area (Å²) in [5.41, 5.74) is 1.11. The Bertz CT molecular complexity index is 898. The number of thioether (sulfide) groups is 1. The molecule has 0 N–H and O–H groups in total. The quantitative estimate of drug-likeness (QED) is 0.421. The summed E-state index contributed by atoms with van der Waals surface area (Å²) in [4.78, 5) is 17.2. The van der Waals surface area contributed by atoms with E-state index in [2.05, 4.69) is 6.07 Å². The number of carbonyl (C=O) groups is 1. The summed E-state index contributed by atoms with van der Waals surface area (Å²) in [5, 5.41) is 2.05. The third-order valence-electron chi connectivity index (χ3n) is 4.50. The molecule has 0 aliphatic heterocycles. The van der Waals surface area contributed by atoms with Gasteiger partial charge in [-0.25, -0.2) is 0 Å². The number of methoxy groups -OCH3 is 2. The van der Waals surface area contributed by atoms with E-state index in [1.807, 2.05) is 64.9 Å². The van der Waals surface area contributed by atoms with Crippen LogP contribution >= 0.6 is 23.1 Å². The average molecular weight is 428 g/mol. The van der Waals surface area contributed by atoms with E-state index < -0.39 is 0 Å². The molecular formula is C23H25NO3S2. The maximum Gasteiger partial charge on any atom is 0.233 e. The topological polar surface area (TPSA) is 38.8 Å². The second-order valence-corrected chi connectivity index (χ2v) is 8.52. The lowest BCUT2D eigenvalue weighted by molar-refractivity contribution is -0.128. The van der Waals surface area contributed by atoms with Crippen molar-refractivity contribution in [2.75, 3.05) is 26.5 Å². The molecule has 0 saturated carbocycles. The van der Waals surface area contributed by atoms with Crippen molar-refractivity contribution in [3.63, 3.8) is 0 Å². The first-order valence-electron chi connectivity index (χ1n) is 9.38. The standard InChI is InChI=1S/C23H25NO3S2/c1-26-21-11-10-18(15-22(21)27-2)12-13-24(16-20-9-6-14-28-20)23(25)17-29-19-7-4-3-5-8-19/h3-11,14-15H,12-13,16-17H2,1-2H3. The molecule has 29 heavy (non-hydrogen) atoms. The SMILES string of the molecule is COc1ccc(CCN(Cc2cccs2)C(=O)CSc2ccccc2)cc1OC. The van der Waals surface area contributed by atoms with Crippen molar-refractivity contribution >= 4 is 29.0 Å². The number of carbonyl (C=O) groups excluding carboxylic acids is 1. The number of hydrogen-bond acceptors (Lipinski definition) is 5. The molecule has 0 aliphatic carbocycles. The summed E-state index contributed by atoms with van der Waals surface area (Å²) in [6.07, 6.45) is 0.757. The first kappa shape index (κ1) is 21.3. The predicted molar refractivity (Wildman–Crippen MR) is 120 cm³/mol. The summed E-state index contributed by atoms with van der Waals surface area (Å²) in [6.45, 7) is 1.29. The van der Waals surface area contributed by atoms with Crippen molar-refractivity contribution < 1.29 is 14.3 Å². The molecule has 6 heteroatoms. The Balaban J connectivity index is 1.65. The Morgan fingerprint density at radius 3 is 2.48 bits per heavy atom. The van der Waals surface area contributed by atoms with Gasteiger partial charge in [0.2, 0.25) is 5.91 Å². The Kier molecular flexibility index (Phi) is 8.02. The minimum Gasteiger partial charge on any atom is -0.493 e. The second-order valence-electron chi connectivity index (χ2n) is 6.44. The average Bonchev–Trinajstić information content (AvgIpc) is 3.28. The lowest BCUT2D eigenvalue weighted by Gasteiger charge is -2.22. The van der Waals surface area contributed by atoms with E-state index in [1.54, 1.807) is 37.3 Å². The fraction of sp³-hybridized carbons (Fsp3) is 0.261. The van der Waals surface area contributed by atoms with Gasteiger partial charge in [0.15, 0.2) is 11.5 Å². The fourth-order valence-electron chi connectivity index (χ4n) is 2.94. The molecule has 152 valence electrons. The number of thiophene rings is 1. The zero-order chi connectivity index (χ0) is 20.5. The largest absolute Gasteiger partial charge is 0.493 e. The normalized spacial score (nSPS) is 10.6. The summed E-state index contributed by atoms with van der Waals surface area (Å²) < 4.78 is 10.7. The molecule has 0 atom stereocenters. The van der Waals surface area contributed by atoms with Gasteiger partial charge in [-0.2, -0.15) is 0 Å². The third-order valence-corrected chi connectivity index (χ3v) is 6.36. The monoisotopic (exact) mass is 427 g/mol. The molecule has 0 spiro atoms. The van der Waals surface area contributed by atoms with Gasteiger partial charge in [0.05, 0.1) is 26.5 Å². The second kappa shape index (κ2) is 10.9. The van der Waals surface area contributed by atoms with Crippen molar-refractivity contribution in [2.24, 2.45) is 0 Å². The van der Waals surface area contributed by atoms with Crippen LogP contribution in [0.1, 0.15) is 10.4 Å². The van der Waals surface area contributed by atoms with E-state index >= 15 is 0 Å². The first-order valence-corrected chi connectivity index (χ1v) is 11.2. The zero-order valence-electron chi connectivity index (χ0n) is 16.7. The molecule has 0 unspecified atom stereocenters. The summed E-state index contributed by atoms with van der Waals surface area (Å²) in [7, 11) is 3.26. The van der Waals surface area contributed by atoms with Crippen LogP contribution in [-0.4, -0.2) is 37.3 Å². The zero-order valence-corrected chi connectivity index (χ0v) is 18.3. The van der Waals surface area contributed by atoms with E-state index in [1.165, 1.54) is 4.88 Å². The third kappa shape index (κ3) is 6.27. The number of ether oxygens (including phenoxy) is 2. The number of nitrogens with zero attached hydrogens (tertiary/aromatic N) is 1. The van der Waals surface area contributed by atoms with Crippen LogP contribution in [0, 0.1) is 0 Å². The summed E-state index contributed by atoms with van der Waals surface area (Å²) in [6, 6.07) is 20.0. The molecule has 2 aromatic carbocycles. The molecule has 0 fully saturated rings. The predicted octanol–water partition coefficient (Wildman–Crippen LogP) is 5.13. The van der Waals surface area contributed by atoms with Gasteiger partial charge >= 0.3 is 0 Å². The van der Waals surface area contributed by atoms with Crippen molar-refractivity contribution in [1.29, 1.82) is 0 Å². The molecule has 4 nitrogen and oxygen atoms in total. The lowest BCUT2D eigenvalue weighted by Crippen LogP contribution is -2.33. The highest BCUT2D eigenvalue weighted by atomic mass is 32.2. The molecule has 0 bridgehead atoms. The molecule has 1 heterocycles. The number of rotatable bonds is 10. The fourth-order valence-corrected chi connectivity index (χ4v) is 4.48. The molecule has 3 aromatic rings. The maximum absolute atomic E-state index is 13.0. The first-order chi connectivity index (χ1) is 14.2. The van der Waals surface area contributed by atoms with Crippen molar-refractivity contribution in [2.45, 2.75) is 17.9 Å². The maximum atomic E-state index is 13.0. The van der Waals surface area contributed by atoms with Crippen molar-refractivity contribution in [1.82, 2.24) is 4.90 Å². The molecule has 1 amide bonds. The van der Waals surface area contributed by atoms with Crippen LogP contribution in [0.3, 0.4) is 0 Å².